The van der Waals surface area contributed by atoms with Crippen molar-refractivity contribution in [1.82, 2.24) is 4.90 Å². The van der Waals surface area contributed by atoms with Gasteiger partial charge in [-0.15, -0.1) is 0 Å². The predicted octanol–water partition coefficient (Wildman–Crippen LogP) is 1.44. The molecule has 0 bridgehead atoms. The number of hydrogen-bond donors (Lipinski definition) is 1. The zero-order chi connectivity index (χ0) is 9.23. The Morgan fingerprint density at radius 2 is 1.83 bits per heavy atom. The summed E-state index contributed by atoms with van der Waals surface area (Å²) in [5, 5.41) is 8.53. The van der Waals surface area contributed by atoms with Crippen molar-refractivity contribution in [2.24, 2.45) is 0 Å². The lowest BCUT2D eigenvalue weighted by Gasteiger charge is -2.08. The van der Waals surface area contributed by atoms with Crippen molar-refractivity contribution in [2.45, 2.75) is 19.3 Å². The van der Waals surface area contributed by atoms with Gasteiger partial charge in [0.25, 0.3) is 0 Å². The zero-order valence-corrected chi connectivity index (χ0v) is 9.07. The summed E-state index contributed by atoms with van der Waals surface area (Å²) in [4.78, 5) is 2.21. The van der Waals surface area contributed by atoms with Crippen LogP contribution in [0.1, 0.15) is 19.3 Å². The lowest BCUT2D eigenvalue weighted by molar-refractivity contribution is 0.284. The van der Waals surface area contributed by atoms with E-state index in [0.717, 1.165) is 6.42 Å². The minimum atomic E-state index is 0.350. The maximum absolute atomic E-state index is 8.53. The van der Waals surface area contributed by atoms with Gasteiger partial charge in [0.2, 0.25) is 0 Å². The molecule has 0 spiro atoms. The first-order valence-corrected chi connectivity index (χ1v) is 5.76. The van der Waals surface area contributed by atoms with Crippen LogP contribution in [0.25, 0.3) is 0 Å². The second-order valence-electron chi connectivity index (χ2n) is 3.20. The van der Waals surface area contributed by atoms with E-state index in [-0.39, 0.29) is 0 Å². The Hall–Kier alpha value is 0.270. The monoisotopic (exact) mass is 191 g/mol. The van der Waals surface area contributed by atoms with Gasteiger partial charge < -0.3 is 10.0 Å². The summed E-state index contributed by atoms with van der Waals surface area (Å²) in [5.74, 6) is 2.47. The molecule has 0 rings (SSSR count). The molecule has 2 nitrogen and oxygen atoms in total. The Balaban J connectivity index is 2.82. The highest BCUT2D eigenvalue weighted by atomic mass is 32.2. The number of rotatable bonds is 8. The first-order chi connectivity index (χ1) is 5.77. The summed E-state index contributed by atoms with van der Waals surface area (Å²) in [7, 11) is 4.21. The summed E-state index contributed by atoms with van der Waals surface area (Å²) < 4.78 is 0. The van der Waals surface area contributed by atoms with Crippen LogP contribution < -0.4 is 0 Å². The normalized spacial score (nSPS) is 11.0. The largest absolute Gasteiger partial charge is 0.396 e. The average Bonchev–Trinajstić information content (AvgIpc) is 2.02. The number of nitrogens with zero attached hydrogens (tertiary/aromatic N) is 1. The van der Waals surface area contributed by atoms with Crippen molar-refractivity contribution < 1.29 is 5.11 Å². The van der Waals surface area contributed by atoms with Crippen molar-refractivity contribution in [1.29, 1.82) is 0 Å². The molecule has 0 aliphatic rings. The molecule has 0 fully saturated rings. The van der Waals surface area contributed by atoms with E-state index in [1.807, 2.05) is 11.8 Å². The molecule has 0 saturated heterocycles. The molecule has 0 aromatic rings. The van der Waals surface area contributed by atoms with Crippen LogP contribution in [-0.2, 0) is 0 Å². The van der Waals surface area contributed by atoms with Crippen LogP contribution in [0, 0.1) is 0 Å². The van der Waals surface area contributed by atoms with Crippen molar-refractivity contribution in [3.05, 3.63) is 0 Å². The highest BCUT2D eigenvalue weighted by Crippen LogP contribution is 2.05. The summed E-state index contributed by atoms with van der Waals surface area (Å²) >= 11 is 2.01. The van der Waals surface area contributed by atoms with Gasteiger partial charge in [-0.2, -0.15) is 11.8 Å². The third kappa shape index (κ3) is 10.3. The Labute approximate surface area is 80.3 Å². The molecule has 74 valence electrons. The van der Waals surface area contributed by atoms with Crippen LogP contribution in [0.3, 0.4) is 0 Å². The van der Waals surface area contributed by atoms with E-state index in [1.54, 1.807) is 0 Å². The molecule has 0 aliphatic carbocycles. The van der Waals surface area contributed by atoms with Crippen LogP contribution in [0.2, 0.25) is 0 Å². The van der Waals surface area contributed by atoms with Gasteiger partial charge >= 0.3 is 0 Å². The third-order valence-corrected chi connectivity index (χ3v) is 2.68. The number of hydrogen-bond acceptors (Lipinski definition) is 3. The van der Waals surface area contributed by atoms with E-state index in [1.165, 1.54) is 30.9 Å². The van der Waals surface area contributed by atoms with Gasteiger partial charge in [0.15, 0.2) is 0 Å². The lowest BCUT2D eigenvalue weighted by atomic mass is 10.3. The predicted molar refractivity (Wildman–Crippen MR) is 56.8 cm³/mol. The van der Waals surface area contributed by atoms with Crippen molar-refractivity contribution in [3.63, 3.8) is 0 Å². The van der Waals surface area contributed by atoms with Crippen LogP contribution in [0.15, 0.2) is 0 Å². The Morgan fingerprint density at radius 1 is 1.08 bits per heavy atom. The zero-order valence-electron chi connectivity index (χ0n) is 8.25. The summed E-state index contributed by atoms with van der Waals surface area (Å²) in [6.45, 7) is 1.52. The van der Waals surface area contributed by atoms with E-state index in [2.05, 4.69) is 19.0 Å². The van der Waals surface area contributed by atoms with Crippen LogP contribution in [-0.4, -0.2) is 48.8 Å². The minimum absolute atomic E-state index is 0.350. The summed E-state index contributed by atoms with van der Waals surface area (Å²) in [5.41, 5.74) is 0. The molecular formula is C9H21NOS. The molecule has 0 aromatic carbocycles. The smallest absolute Gasteiger partial charge is 0.0431 e. The van der Waals surface area contributed by atoms with Crippen LogP contribution in [0.5, 0.6) is 0 Å². The van der Waals surface area contributed by atoms with E-state index < -0.39 is 0 Å². The fourth-order valence-electron chi connectivity index (χ4n) is 0.842. The van der Waals surface area contributed by atoms with Crippen molar-refractivity contribution in [2.75, 3.05) is 38.8 Å². The van der Waals surface area contributed by atoms with E-state index >= 15 is 0 Å². The average molecular weight is 191 g/mol. The second-order valence-corrected chi connectivity index (χ2v) is 4.42. The number of thioether (sulfide) groups is 1. The van der Waals surface area contributed by atoms with E-state index in [9.17, 15) is 0 Å². The maximum atomic E-state index is 8.53. The quantitative estimate of drug-likeness (QED) is 0.587. The molecule has 0 atom stereocenters. The molecule has 0 amide bonds. The molecule has 0 aromatic heterocycles. The summed E-state index contributed by atoms with van der Waals surface area (Å²) in [6, 6.07) is 0. The standard InChI is InChI=1S/C9H21NOS/c1-10(2)6-9-12-8-5-3-4-7-11/h11H,3-9H2,1-2H3. The molecule has 0 unspecified atom stereocenters. The van der Waals surface area contributed by atoms with E-state index in [4.69, 9.17) is 5.11 Å². The Kier molecular flexibility index (Phi) is 9.57. The molecule has 0 aliphatic heterocycles. The fraction of sp³-hybridized carbons (Fsp3) is 1.00. The topological polar surface area (TPSA) is 23.5 Å². The third-order valence-electron chi connectivity index (χ3n) is 1.63. The Bertz CT molecular complexity index is 88.6. The molecule has 3 heteroatoms. The Morgan fingerprint density at radius 3 is 2.42 bits per heavy atom. The molecule has 1 N–H and O–H groups in total. The van der Waals surface area contributed by atoms with Gasteiger partial charge in [-0.05, 0) is 32.7 Å². The number of aliphatic hydroxyl groups is 1. The van der Waals surface area contributed by atoms with Gasteiger partial charge in [-0.1, -0.05) is 6.42 Å². The maximum Gasteiger partial charge on any atom is 0.0431 e. The molecule has 12 heavy (non-hydrogen) atoms. The van der Waals surface area contributed by atoms with Crippen molar-refractivity contribution >= 4 is 11.8 Å². The molecule has 0 radical (unpaired) electrons. The first kappa shape index (κ1) is 12.3. The summed E-state index contributed by atoms with van der Waals surface area (Å²) in [6.07, 6.45) is 3.39. The van der Waals surface area contributed by atoms with Crippen LogP contribution >= 0.6 is 11.8 Å². The van der Waals surface area contributed by atoms with Crippen LogP contribution in [0.4, 0.5) is 0 Å². The van der Waals surface area contributed by atoms with Gasteiger partial charge in [-0.25, -0.2) is 0 Å². The van der Waals surface area contributed by atoms with Gasteiger partial charge in [0.1, 0.15) is 0 Å². The molecule has 0 heterocycles. The SMILES string of the molecule is CN(C)CCSCCCCCO. The molecule has 0 saturated carbocycles. The lowest BCUT2D eigenvalue weighted by Crippen LogP contribution is -2.14. The number of aliphatic hydroxyl groups excluding tert-OH is 1. The van der Waals surface area contributed by atoms with Gasteiger partial charge in [-0.3, -0.25) is 0 Å². The minimum Gasteiger partial charge on any atom is -0.396 e. The van der Waals surface area contributed by atoms with E-state index in [0.29, 0.717) is 6.61 Å². The second kappa shape index (κ2) is 9.36. The highest BCUT2D eigenvalue weighted by molar-refractivity contribution is 7.99. The fourth-order valence-corrected chi connectivity index (χ4v) is 1.95. The first-order valence-electron chi connectivity index (χ1n) is 4.60. The molecular weight excluding hydrogens is 170 g/mol. The number of unbranched alkanes of at least 4 members (excludes halogenated alkanes) is 2. The van der Waals surface area contributed by atoms with Gasteiger partial charge in [0.05, 0.1) is 0 Å². The van der Waals surface area contributed by atoms with Crippen molar-refractivity contribution in [3.8, 4) is 0 Å². The van der Waals surface area contributed by atoms with Gasteiger partial charge in [0, 0.05) is 18.9 Å². The highest BCUT2D eigenvalue weighted by Gasteiger charge is 1.91.